The third-order valence-electron chi connectivity index (χ3n) is 7.42. The van der Waals surface area contributed by atoms with Gasteiger partial charge in [-0.25, -0.2) is 17.5 Å². The summed E-state index contributed by atoms with van der Waals surface area (Å²) in [5, 5.41) is 0. The lowest BCUT2D eigenvalue weighted by Crippen LogP contribution is -2.48. The van der Waals surface area contributed by atoms with E-state index in [4.69, 9.17) is 4.74 Å². The van der Waals surface area contributed by atoms with Crippen LogP contribution in [0.2, 0.25) is 0 Å². The lowest BCUT2D eigenvalue weighted by Gasteiger charge is -2.37. The highest BCUT2D eigenvalue weighted by Crippen LogP contribution is 2.34. The minimum Gasteiger partial charge on any atom is -0.486 e. The average Bonchev–Trinajstić information content (AvgIpc) is 3.01. The molecule has 0 saturated heterocycles. The van der Waals surface area contributed by atoms with Gasteiger partial charge in [0.2, 0.25) is 10.0 Å². The van der Waals surface area contributed by atoms with Crippen LogP contribution in [0, 0.1) is 5.82 Å². The summed E-state index contributed by atoms with van der Waals surface area (Å²) in [5.41, 5.74) is 5.72. The number of rotatable bonds is 9. The van der Waals surface area contributed by atoms with Crippen molar-refractivity contribution in [1.29, 1.82) is 0 Å². The normalized spacial score (nSPS) is 14.8. The zero-order valence-electron chi connectivity index (χ0n) is 23.0. The number of halogens is 1. The molecule has 0 saturated carbocycles. The number of hydrogen-bond donors (Lipinski definition) is 1. The fourth-order valence-corrected chi connectivity index (χ4v) is 6.63. The maximum absolute atomic E-state index is 15.1. The van der Waals surface area contributed by atoms with E-state index < -0.39 is 15.8 Å². The molecule has 1 aliphatic heterocycles. The van der Waals surface area contributed by atoms with E-state index in [2.05, 4.69) is 21.8 Å². The summed E-state index contributed by atoms with van der Waals surface area (Å²) in [6.07, 6.45) is 0.515. The zero-order valence-corrected chi connectivity index (χ0v) is 23.8. The third kappa shape index (κ3) is 6.38. The number of fused-ring (bicyclic) bond motifs is 1. The zero-order chi connectivity index (χ0) is 28.9. The smallest absolute Gasteiger partial charge is 0.240 e. The summed E-state index contributed by atoms with van der Waals surface area (Å²) in [4.78, 5) is 2.45. The maximum atomic E-state index is 15.1. The van der Waals surface area contributed by atoms with Gasteiger partial charge in [0, 0.05) is 24.8 Å². The van der Waals surface area contributed by atoms with Crippen LogP contribution in [0.25, 0.3) is 11.1 Å². The van der Waals surface area contributed by atoms with Crippen molar-refractivity contribution in [3.05, 3.63) is 150 Å². The van der Waals surface area contributed by atoms with Crippen LogP contribution in [0.1, 0.15) is 16.7 Å². The van der Waals surface area contributed by atoms with Crippen LogP contribution in [0.5, 0.6) is 5.75 Å². The molecule has 1 N–H and O–H groups in total. The SMILES string of the molecule is O=S(=O)(NC1Cc2cc(-c3ccc(OCc4ccccc4)c(F)c3)ccc2N(Cc2ccccc2)C1)c1ccccc1. The van der Waals surface area contributed by atoms with E-state index in [1.165, 1.54) is 6.07 Å². The van der Waals surface area contributed by atoms with E-state index in [-0.39, 0.29) is 23.3 Å². The fourth-order valence-electron chi connectivity index (χ4n) is 5.38. The van der Waals surface area contributed by atoms with Crippen molar-refractivity contribution in [1.82, 2.24) is 4.72 Å². The number of anilines is 1. The second-order valence-corrected chi connectivity index (χ2v) is 12.2. The summed E-state index contributed by atoms with van der Waals surface area (Å²) in [7, 11) is -3.70. The molecule has 0 aromatic heterocycles. The minimum absolute atomic E-state index is 0.199. The summed E-state index contributed by atoms with van der Waals surface area (Å²) < 4.78 is 50.1. The molecule has 1 atom stereocenters. The van der Waals surface area contributed by atoms with E-state index in [1.807, 2.05) is 72.8 Å². The van der Waals surface area contributed by atoms with Crippen LogP contribution in [0.3, 0.4) is 0 Å². The molecule has 42 heavy (non-hydrogen) atoms. The first kappa shape index (κ1) is 27.7. The first-order valence-corrected chi connectivity index (χ1v) is 15.4. The molecular formula is C35H31FN2O3S. The molecule has 1 heterocycles. The van der Waals surface area contributed by atoms with Gasteiger partial charge in [-0.1, -0.05) is 91.0 Å². The second-order valence-electron chi connectivity index (χ2n) is 10.5. The van der Waals surface area contributed by atoms with Crippen molar-refractivity contribution in [2.45, 2.75) is 30.5 Å². The molecule has 0 amide bonds. The van der Waals surface area contributed by atoms with E-state index >= 15 is 4.39 Å². The van der Waals surface area contributed by atoms with Crippen LogP contribution in [0.4, 0.5) is 10.1 Å². The summed E-state index contributed by atoms with van der Waals surface area (Å²) in [6.45, 7) is 1.45. The Morgan fingerprint density at radius 1 is 0.762 bits per heavy atom. The maximum Gasteiger partial charge on any atom is 0.240 e. The van der Waals surface area contributed by atoms with Crippen LogP contribution in [-0.2, 0) is 29.6 Å². The molecule has 1 aliphatic rings. The molecule has 0 aliphatic carbocycles. The Bertz CT molecular complexity index is 1770. The Balaban J connectivity index is 1.27. The van der Waals surface area contributed by atoms with Crippen molar-refractivity contribution >= 4 is 15.7 Å². The Morgan fingerprint density at radius 2 is 1.38 bits per heavy atom. The van der Waals surface area contributed by atoms with E-state index in [0.29, 0.717) is 19.5 Å². The highest BCUT2D eigenvalue weighted by Gasteiger charge is 2.29. The predicted molar refractivity (Wildman–Crippen MR) is 164 cm³/mol. The molecule has 0 spiro atoms. The van der Waals surface area contributed by atoms with E-state index in [0.717, 1.165) is 33.5 Å². The Labute approximate surface area is 246 Å². The van der Waals surface area contributed by atoms with Gasteiger partial charge in [0.25, 0.3) is 0 Å². The molecule has 1 unspecified atom stereocenters. The van der Waals surface area contributed by atoms with Crippen molar-refractivity contribution in [2.24, 2.45) is 0 Å². The molecule has 5 nitrogen and oxygen atoms in total. The van der Waals surface area contributed by atoms with Crippen LogP contribution < -0.4 is 14.4 Å². The summed E-state index contributed by atoms with van der Waals surface area (Å²) in [5.74, 6) is -0.231. The quantitative estimate of drug-likeness (QED) is 0.205. The fraction of sp³-hybridized carbons (Fsp3) is 0.143. The summed E-state index contributed by atoms with van der Waals surface area (Å²) >= 11 is 0. The molecule has 0 radical (unpaired) electrons. The lowest BCUT2D eigenvalue weighted by molar-refractivity contribution is 0.290. The highest BCUT2D eigenvalue weighted by atomic mass is 32.2. The van der Waals surface area contributed by atoms with Crippen LogP contribution in [0.15, 0.2) is 132 Å². The first-order chi connectivity index (χ1) is 20.4. The molecular weight excluding hydrogens is 547 g/mol. The number of hydrogen-bond acceptors (Lipinski definition) is 4. The topological polar surface area (TPSA) is 58.6 Å². The number of ether oxygens (including phenoxy) is 1. The largest absolute Gasteiger partial charge is 0.486 e. The van der Waals surface area contributed by atoms with Gasteiger partial charge in [-0.3, -0.25) is 0 Å². The van der Waals surface area contributed by atoms with Crippen LogP contribution in [-0.4, -0.2) is 21.0 Å². The van der Waals surface area contributed by atoms with Crippen molar-refractivity contribution in [3.8, 4) is 16.9 Å². The van der Waals surface area contributed by atoms with Crippen molar-refractivity contribution in [3.63, 3.8) is 0 Å². The van der Waals surface area contributed by atoms with Gasteiger partial charge in [-0.2, -0.15) is 0 Å². The number of nitrogens with zero attached hydrogens (tertiary/aromatic N) is 1. The molecule has 5 aromatic rings. The second kappa shape index (κ2) is 12.2. The third-order valence-corrected chi connectivity index (χ3v) is 8.96. The number of nitrogens with one attached hydrogen (secondary N) is 1. The van der Waals surface area contributed by atoms with Gasteiger partial charge in [0.05, 0.1) is 4.90 Å². The first-order valence-electron chi connectivity index (χ1n) is 13.9. The Kier molecular flexibility index (Phi) is 8.04. The van der Waals surface area contributed by atoms with Crippen molar-refractivity contribution in [2.75, 3.05) is 11.4 Å². The molecule has 0 bridgehead atoms. The van der Waals surface area contributed by atoms with Gasteiger partial charge in [-0.15, -0.1) is 0 Å². The Hall–Kier alpha value is -4.46. The minimum atomic E-state index is -3.70. The van der Waals surface area contributed by atoms with Gasteiger partial charge in [-0.05, 0) is 70.6 Å². The Morgan fingerprint density at radius 3 is 2.07 bits per heavy atom. The molecule has 0 fully saturated rings. The highest BCUT2D eigenvalue weighted by molar-refractivity contribution is 7.89. The number of benzene rings is 5. The van der Waals surface area contributed by atoms with Gasteiger partial charge in [0.1, 0.15) is 6.61 Å². The molecule has 5 aromatic carbocycles. The lowest BCUT2D eigenvalue weighted by atomic mass is 9.93. The number of sulfonamides is 1. The standard InChI is InChI=1S/C35H31FN2O3S/c36-33-22-29(17-19-35(33)41-25-27-12-6-2-7-13-27)28-16-18-34-30(20-28)21-31(24-38(34)23-26-10-4-1-5-11-26)37-42(39,40)32-14-8-3-9-15-32/h1-20,22,31,37H,21,23-25H2. The molecule has 6 rings (SSSR count). The monoisotopic (exact) mass is 578 g/mol. The molecule has 212 valence electrons. The van der Waals surface area contributed by atoms with Gasteiger partial charge in [0.15, 0.2) is 11.6 Å². The van der Waals surface area contributed by atoms with Gasteiger partial charge < -0.3 is 9.64 Å². The van der Waals surface area contributed by atoms with E-state index in [1.54, 1.807) is 36.4 Å². The van der Waals surface area contributed by atoms with Crippen molar-refractivity contribution < 1.29 is 17.5 Å². The molecule has 7 heteroatoms. The summed E-state index contributed by atoms with van der Waals surface area (Å²) in [6, 6.07) is 38.9. The van der Waals surface area contributed by atoms with Gasteiger partial charge >= 0.3 is 0 Å². The average molecular weight is 579 g/mol. The van der Waals surface area contributed by atoms with E-state index in [9.17, 15) is 8.42 Å². The van der Waals surface area contributed by atoms with Crippen LogP contribution >= 0.6 is 0 Å². The predicted octanol–water partition coefficient (Wildman–Crippen LogP) is 6.98.